The van der Waals surface area contributed by atoms with Crippen LogP contribution < -0.4 is 0 Å². The van der Waals surface area contributed by atoms with Gasteiger partial charge in [-0.1, -0.05) is 5.92 Å². The second-order valence-corrected chi connectivity index (χ2v) is 5.37. The lowest BCUT2D eigenvalue weighted by Gasteiger charge is -2.42. The maximum absolute atomic E-state index is 14.0. The number of rotatable bonds is 5. The minimum atomic E-state index is -3.77. The average molecular weight is 297 g/mol. The minimum Gasteiger partial charge on any atom is -0.383 e. The second-order valence-electron chi connectivity index (χ2n) is 5.37. The summed E-state index contributed by atoms with van der Waals surface area (Å²) in [6, 6.07) is 0. The molecule has 2 rings (SSSR count). The third kappa shape index (κ3) is 2.76. The summed E-state index contributed by atoms with van der Waals surface area (Å²) in [6.07, 6.45) is 8.60. The number of halogens is 2. The van der Waals surface area contributed by atoms with Gasteiger partial charge in [-0.25, -0.2) is 0 Å². The van der Waals surface area contributed by atoms with E-state index in [9.17, 15) is 18.7 Å². The van der Waals surface area contributed by atoms with E-state index < -0.39 is 17.4 Å². The molecule has 1 aliphatic rings. The van der Waals surface area contributed by atoms with Crippen molar-refractivity contribution in [2.75, 3.05) is 7.05 Å². The molecular formula is C14H17F2N3O2. The van der Waals surface area contributed by atoms with Crippen LogP contribution in [-0.4, -0.2) is 44.3 Å². The normalized spacial score (nSPS) is 16.9. The molecule has 1 aliphatic carbocycles. The van der Waals surface area contributed by atoms with Gasteiger partial charge in [0.25, 0.3) is 5.91 Å². The molecule has 1 saturated carbocycles. The molecule has 0 atom stereocenters. The van der Waals surface area contributed by atoms with Crippen molar-refractivity contribution >= 4 is 5.91 Å². The van der Waals surface area contributed by atoms with E-state index in [1.807, 2.05) is 0 Å². The quantitative estimate of drug-likeness (QED) is 0.826. The largest absolute Gasteiger partial charge is 0.383 e. The molecule has 1 heterocycles. The topological polar surface area (TPSA) is 58.4 Å². The molecule has 0 bridgehead atoms. The zero-order chi connectivity index (χ0) is 15.7. The number of carbonyl (C=O) groups excluding carboxylic acids is 1. The van der Waals surface area contributed by atoms with E-state index in [2.05, 4.69) is 11.0 Å². The summed E-state index contributed by atoms with van der Waals surface area (Å²) in [4.78, 5) is 12.8. The van der Waals surface area contributed by atoms with E-state index >= 15 is 0 Å². The van der Waals surface area contributed by atoms with Gasteiger partial charge in [0.15, 0.2) is 0 Å². The van der Waals surface area contributed by atoms with E-state index in [-0.39, 0.29) is 25.9 Å². The number of hydrogen-bond acceptors (Lipinski definition) is 3. The number of aromatic nitrogens is 2. The number of nitrogens with zero attached hydrogens (tertiary/aromatic N) is 3. The van der Waals surface area contributed by atoms with Gasteiger partial charge in [-0.05, 0) is 19.3 Å². The molecule has 7 heteroatoms. The van der Waals surface area contributed by atoms with Gasteiger partial charge in [-0.3, -0.25) is 9.48 Å². The number of hydrogen-bond donors (Lipinski definition) is 1. The summed E-state index contributed by atoms with van der Waals surface area (Å²) in [5.74, 6) is -2.75. The lowest BCUT2D eigenvalue weighted by Crippen LogP contribution is -2.60. The van der Waals surface area contributed by atoms with Gasteiger partial charge in [0, 0.05) is 25.4 Å². The Labute approximate surface area is 121 Å². The summed E-state index contributed by atoms with van der Waals surface area (Å²) in [7, 11) is 1.27. The molecule has 1 aromatic rings. The Hall–Kier alpha value is -1.94. The Kier molecular flexibility index (Phi) is 4.01. The second kappa shape index (κ2) is 5.45. The number of carbonyl (C=O) groups is 1. The maximum Gasteiger partial charge on any atom is 0.352 e. The molecular weight excluding hydrogens is 280 g/mol. The number of aliphatic hydroxyl groups is 1. The molecule has 5 nitrogen and oxygen atoms in total. The van der Waals surface area contributed by atoms with Crippen LogP contribution >= 0.6 is 0 Å². The molecule has 1 fully saturated rings. The fourth-order valence-corrected chi connectivity index (χ4v) is 2.28. The van der Waals surface area contributed by atoms with Gasteiger partial charge in [0.1, 0.15) is 12.1 Å². The molecule has 0 spiro atoms. The summed E-state index contributed by atoms with van der Waals surface area (Å²) in [5, 5.41) is 13.7. The van der Waals surface area contributed by atoms with Crippen LogP contribution in [0.4, 0.5) is 8.78 Å². The van der Waals surface area contributed by atoms with E-state index in [0.29, 0.717) is 12.0 Å². The van der Waals surface area contributed by atoms with Crippen LogP contribution in [0.2, 0.25) is 0 Å². The van der Waals surface area contributed by atoms with Crippen molar-refractivity contribution in [1.29, 1.82) is 0 Å². The molecule has 0 saturated heterocycles. The summed E-state index contributed by atoms with van der Waals surface area (Å²) in [6.45, 7) is 0.253. The highest BCUT2D eigenvalue weighted by molar-refractivity contribution is 5.85. The molecule has 1 N–H and O–H groups in total. The zero-order valence-corrected chi connectivity index (χ0v) is 11.7. The first-order valence-corrected chi connectivity index (χ1v) is 6.61. The van der Waals surface area contributed by atoms with Gasteiger partial charge in [0.2, 0.25) is 0 Å². The fourth-order valence-electron chi connectivity index (χ4n) is 2.28. The van der Waals surface area contributed by atoms with Crippen LogP contribution in [0.25, 0.3) is 0 Å². The number of terminal acetylenes is 1. The van der Waals surface area contributed by atoms with E-state index in [1.165, 1.54) is 17.9 Å². The van der Waals surface area contributed by atoms with Crippen molar-refractivity contribution in [3.8, 4) is 12.3 Å². The number of amides is 1. The van der Waals surface area contributed by atoms with E-state index in [1.54, 1.807) is 6.20 Å². The van der Waals surface area contributed by atoms with Crippen molar-refractivity contribution in [2.24, 2.45) is 0 Å². The molecule has 1 amide bonds. The molecule has 0 aliphatic heterocycles. The average Bonchev–Trinajstić information content (AvgIpc) is 2.82. The monoisotopic (exact) mass is 297 g/mol. The third-order valence-electron chi connectivity index (χ3n) is 3.74. The molecule has 21 heavy (non-hydrogen) atoms. The van der Waals surface area contributed by atoms with E-state index in [0.717, 1.165) is 4.90 Å². The van der Waals surface area contributed by atoms with Crippen molar-refractivity contribution < 1.29 is 18.7 Å². The van der Waals surface area contributed by atoms with Crippen molar-refractivity contribution in [2.45, 2.75) is 43.9 Å². The van der Waals surface area contributed by atoms with Crippen molar-refractivity contribution in [1.82, 2.24) is 14.7 Å². The van der Waals surface area contributed by atoms with Gasteiger partial charge < -0.3 is 10.0 Å². The predicted octanol–water partition coefficient (Wildman–Crippen LogP) is 1.02. The van der Waals surface area contributed by atoms with Crippen LogP contribution in [-0.2, 0) is 17.9 Å². The minimum absolute atomic E-state index is 0.0188. The Morgan fingerprint density at radius 3 is 2.86 bits per heavy atom. The standard InChI is InChI=1S/C14H17F2N3O2/c1-3-7-19-10-11(8-17-19)9-18(2)12(20)14(15,16)13(21)5-4-6-13/h1,8,10,21H,4-7,9H2,2H3. The van der Waals surface area contributed by atoms with Crippen LogP contribution in [0.5, 0.6) is 0 Å². The molecule has 114 valence electrons. The van der Waals surface area contributed by atoms with Crippen molar-refractivity contribution in [3.05, 3.63) is 18.0 Å². The lowest BCUT2D eigenvalue weighted by molar-refractivity contribution is -0.223. The molecule has 0 unspecified atom stereocenters. The lowest BCUT2D eigenvalue weighted by atomic mass is 9.75. The van der Waals surface area contributed by atoms with Gasteiger partial charge in [-0.15, -0.1) is 6.42 Å². The fraction of sp³-hybridized carbons (Fsp3) is 0.571. The first kappa shape index (κ1) is 15.4. The zero-order valence-electron chi connectivity index (χ0n) is 11.7. The van der Waals surface area contributed by atoms with Crippen LogP contribution in [0.3, 0.4) is 0 Å². The summed E-state index contributed by atoms with van der Waals surface area (Å²) in [5.41, 5.74) is -1.61. The Bertz CT molecular complexity index is 573. The molecule has 1 aromatic heterocycles. The SMILES string of the molecule is C#CCn1cc(CN(C)C(=O)C(F)(F)C2(O)CCC2)cn1. The van der Waals surface area contributed by atoms with Gasteiger partial charge >= 0.3 is 5.92 Å². The highest BCUT2D eigenvalue weighted by Crippen LogP contribution is 2.45. The first-order chi connectivity index (χ1) is 9.80. The Balaban J connectivity index is 2.03. The first-order valence-electron chi connectivity index (χ1n) is 6.61. The highest BCUT2D eigenvalue weighted by Gasteiger charge is 2.61. The van der Waals surface area contributed by atoms with Gasteiger partial charge in [0.05, 0.1) is 6.20 Å². The highest BCUT2D eigenvalue weighted by atomic mass is 19.3. The van der Waals surface area contributed by atoms with Crippen molar-refractivity contribution in [3.63, 3.8) is 0 Å². The number of alkyl halides is 2. The molecule has 0 radical (unpaired) electrons. The third-order valence-corrected chi connectivity index (χ3v) is 3.74. The maximum atomic E-state index is 14.0. The van der Waals surface area contributed by atoms with Gasteiger partial charge in [-0.2, -0.15) is 13.9 Å². The predicted molar refractivity (Wildman–Crippen MR) is 71.3 cm³/mol. The smallest absolute Gasteiger partial charge is 0.352 e. The Morgan fingerprint density at radius 2 is 2.33 bits per heavy atom. The summed E-state index contributed by atoms with van der Waals surface area (Å²) >= 11 is 0. The molecule has 0 aromatic carbocycles. The van der Waals surface area contributed by atoms with Crippen LogP contribution in [0, 0.1) is 12.3 Å². The van der Waals surface area contributed by atoms with Crippen LogP contribution in [0.1, 0.15) is 24.8 Å². The Morgan fingerprint density at radius 1 is 1.67 bits per heavy atom. The van der Waals surface area contributed by atoms with E-state index in [4.69, 9.17) is 6.42 Å². The van der Waals surface area contributed by atoms with Crippen LogP contribution in [0.15, 0.2) is 12.4 Å². The summed E-state index contributed by atoms with van der Waals surface area (Å²) < 4.78 is 29.6.